The van der Waals surface area contributed by atoms with Gasteiger partial charge >= 0.3 is 0 Å². The number of rotatable bonds is 2. The number of hydrogen-bond donors (Lipinski definition) is 1. The van der Waals surface area contributed by atoms with E-state index in [9.17, 15) is 9.59 Å². The third-order valence-electron chi connectivity index (χ3n) is 3.61. The van der Waals surface area contributed by atoms with Crippen molar-refractivity contribution < 1.29 is 9.59 Å². The second-order valence-corrected chi connectivity index (χ2v) is 5.13. The Balaban J connectivity index is 1.91. The summed E-state index contributed by atoms with van der Waals surface area (Å²) < 4.78 is 0. The van der Waals surface area contributed by atoms with Crippen LogP contribution in [0.4, 0.5) is 0 Å². The monoisotopic (exact) mass is 239 g/mol. The van der Waals surface area contributed by atoms with E-state index in [4.69, 9.17) is 0 Å². The van der Waals surface area contributed by atoms with Crippen LogP contribution in [0.2, 0.25) is 0 Å². The van der Waals surface area contributed by atoms with Gasteiger partial charge in [-0.05, 0) is 20.3 Å². The molecule has 0 aliphatic carbocycles. The molecule has 0 spiro atoms. The molecule has 5 heteroatoms. The van der Waals surface area contributed by atoms with Crippen molar-refractivity contribution in [3.8, 4) is 0 Å². The van der Waals surface area contributed by atoms with Crippen molar-refractivity contribution in [2.45, 2.75) is 38.8 Å². The Hall–Kier alpha value is -0.940. The van der Waals surface area contributed by atoms with Crippen molar-refractivity contribution in [2.75, 3.05) is 26.2 Å². The largest absolute Gasteiger partial charge is 0.311 e. The lowest BCUT2D eigenvalue weighted by Crippen LogP contribution is -2.56. The summed E-state index contributed by atoms with van der Waals surface area (Å²) in [5.74, 6) is -0.0423. The quantitative estimate of drug-likeness (QED) is 0.726. The molecule has 0 bridgehead atoms. The second-order valence-electron chi connectivity index (χ2n) is 5.13. The molecule has 2 heterocycles. The van der Waals surface area contributed by atoms with Gasteiger partial charge in [-0.3, -0.25) is 19.4 Å². The van der Waals surface area contributed by atoms with Crippen LogP contribution in [0, 0.1) is 0 Å². The second kappa shape index (κ2) is 5.14. The van der Waals surface area contributed by atoms with E-state index >= 15 is 0 Å². The first-order valence-corrected chi connectivity index (χ1v) is 6.38. The van der Waals surface area contributed by atoms with Crippen LogP contribution >= 0.6 is 0 Å². The van der Waals surface area contributed by atoms with E-state index in [0.29, 0.717) is 31.6 Å². The highest BCUT2D eigenvalue weighted by molar-refractivity contribution is 5.97. The lowest BCUT2D eigenvalue weighted by molar-refractivity contribution is -0.143. The maximum Gasteiger partial charge on any atom is 0.243 e. The van der Waals surface area contributed by atoms with Crippen LogP contribution in [0.15, 0.2) is 0 Å². The SMILES string of the molecule is CC1CN(CC(=O)N2CCCC2=O)C(C)CN1. The maximum absolute atomic E-state index is 12.0. The minimum absolute atomic E-state index is 0.00849. The zero-order chi connectivity index (χ0) is 12.4. The van der Waals surface area contributed by atoms with Crippen LogP contribution in [-0.4, -0.2) is 59.9 Å². The summed E-state index contributed by atoms with van der Waals surface area (Å²) in [4.78, 5) is 27.1. The predicted molar refractivity (Wildman–Crippen MR) is 64.5 cm³/mol. The molecular formula is C12H21N3O2. The molecule has 2 aliphatic heterocycles. The molecule has 2 saturated heterocycles. The minimum atomic E-state index is -0.0338. The molecule has 96 valence electrons. The molecule has 1 N–H and O–H groups in total. The average molecular weight is 239 g/mol. The van der Waals surface area contributed by atoms with Crippen LogP contribution < -0.4 is 5.32 Å². The minimum Gasteiger partial charge on any atom is -0.311 e. The highest BCUT2D eigenvalue weighted by Gasteiger charge is 2.30. The highest BCUT2D eigenvalue weighted by Crippen LogP contribution is 2.12. The lowest BCUT2D eigenvalue weighted by Gasteiger charge is -2.37. The highest BCUT2D eigenvalue weighted by atomic mass is 16.2. The Labute approximate surface area is 102 Å². The summed E-state index contributed by atoms with van der Waals surface area (Å²) in [6, 6.07) is 0.765. The molecule has 5 nitrogen and oxygen atoms in total. The van der Waals surface area contributed by atoms with Gasteiger partial charge in [0.25, 0.3) is 0 Å². The van der Waals surface area contributed by atoms with Crippen molar-refractivity contribution in [3.63, 3.8) is 0 Å². The third kappa shape index (κ3) is 2.84. The number of nitrogens with one attached hydrogen (secondary N) is 1. The van der Waals surface area contributed by atoms with Gasteiger partial charge in [0.2, 0.25) is 11.8 Å². The van der Waals surface area contributed by atoms with E-state index in [-0.39, 0.29) is 11.8 Å². The standard InChI is InChI=1S/C12H21N3O2/c1-9-7-14(10(2)6-13-9)8-12(17)15-5-3-4-11(15)16/h9-10,13H,3-8H2,1-2H3. The molecule has 17 heavy (non-hydrogen) atoms. The number of amides is 2. The average Bonchev–Trinajstić information content (AvgIpc) is 2.70. The molecule has 2 amide bonds. The van der Waals surface area contributed by atoms with Gasteiger partial charge in [0, 0.05) is 38.1 Å². The Bertz CT molecular complexity index is 319. The molecule has 2 atom stereocenters. The first-order chi connectivity index (χ1) is 8.08. The van der Waals surface area contributed by atoms with Gasteiger partial charge < -0.3 is 5.32 Å². The Morgan fingerprint density at radius 1 is 1.47 bits per heavy atom. The van der Waals surface area contributed by atoms with Crippen LogP contribution in [0.3, 0.4) is 0 Å². The van der Waals surface area contributed by atoms with Crippen LogP contribution in [0.1, 0.15) is 26.7 Å². The van der Waals surface area contributed by atoms with Gasteiger partial charge in [-0.25, -0.2) is 0 Å². The lowest BCUT2D eigenvalue weighted by atomic mass is 10.1. The Kier molecular flexibility index (Phi) is 3.79. The normalized spacial score (nSPS) is 30.9. The van der Waals surface area contributed by atoms with Crippen LogP contribution in [0.25, 0.3) is 0 Å². The van der Waals surface area contributed by atoms with Gasteiger partial charge in [0.1, 0.15) is 0 Å². The van der Waals surface area contributed by atoms with Gasteiger partial charge in [-0.1, -0.05) is 0 Å². The van der Waals surface area contributed by atoms with Gasteiger partial charge in [0.15, 0.2) is 0 Å². The van der Waals surface area contributed by atoms with E-state index < -0.39 is 0 Å². The number of carbonyl (C=O) groups excluding carboxylic acids is 2. The summed E-state index contributed by atoms with van der Waals surface area (Å²) >= 11 is 0. The van der Waals surface area contributed by atoms with E-state index in [0.717, 1.165) is 19.5 Å². The molecule has 0 radical (unpaired) electrons. The van der Waals surface area contributed by atoms with Crippen molar-refractivity contribution in [1.29, 1.82) is 0 Å². The third-order valence-corrected chi connectivity index (χ3v) is 3.61. The summed E-state index contributed by atoms with van der Waals surface area (Å²) in [5, 5.41) is 3.38. The van der Waals surface area contributed by atoms with Crippen molar-refractivity contribution in [2.24, 2.45) is 0 Å². The fourth-order valence-corrected chi connectivity index (χ4v) is 2.49. The first-order valence-electron chi connectivity index (χ1n) is 6.38. The maximum atomic E-state index is 12.0. The molecule has 2 unspecified atom stereocenters. The molecule has 2 rings (SSSR count). The molecule has 0 saturated carbocycles. The van der Waals surface area contributed by atoms with Gasteiger partial charge in [-0.15, -0.1) is 0 Å². The van der Waals surface area contributed by atoms with Gasteiger partial charge in [-0.2, -0.15) is 0 Å². The molecule has 0 aromatic rings. The predicted octanol–water partition coefficient (Wildman–Crippen LogP) is -0.182. The number of carbonyl (C=O) groups is 2. The van der Waals surface area contributed by atoms with Crippen molar-refractivity contribution in [3.05, 3.63) is 0 Å². The van der Waals surface area contributed by atoms with Gasteiger partial charge in [0.05, 0.1) is 6.54 Å². The number of nitrogens with zero attached hydrogens (tertiary/aromatic N) is 2. The number of hydrogen-bond acceptors (Lipinski definition) is 4. The van der Waals surface area contributed by atoms with Crippen LogP contribution in [0.5, 0.6) is 0 Å². The number of imide groups is 1. The van der Waals surface area contributed by atoms with E-state index in [2.05, 4.69) is 24.1 Å². The van der Waals surface area contributed by atoms with E-state index in [1.165, 1.54) is 4.90 Å². The zero-order valence-electron chi connectivity index (χ0n) is 10.6. The Morgan fingerprint density at radius 3 is 2.88 bits per heavy atom. The topological polar surface area (TPSA) is 52.7 Å². The fourth-order valence-electron chi connectivity index (χ4n) is 2.49. The molecular weight excluding hydrogens is 218 g/mol. The Morgan fingerprint density at radius 2 is 2.24 bits per heavy atom. The number of piperazine rings is 1. The summed E-state index contributed by atoms with van der Waals surface area (Å²) in [6.07, 6.45) is 1.34. The molecule has 0 aromatic carbocycles. The smallest absolute Gasteiger partial charge is 0.243 e. The fraction of sp³-hybridized carbons (Fsp3) is 0.833. The first kappa shape index (κ1) is 12.5. The summed E-state index contributed by atoms with van der Waals surface area (Å²) in [7, 11) is 0. The van der Waals surface area contributed by atoms with Crippen molar-refractivity contribution >= 4 is 11.8 Å². The molecule has 2 aliphatic rings. The van der Waals surface area contributed by atoms with E-state index in [1.807, 2.05) is 0 Å². The molecule has 0 aromatic heterocycles. The number of likely N-dealkylation sites (tertiary alicyclic amines) is 1. The summed E-state index contributed by atoms with van der Waals surface area (Å²) in [5.41, 5.74) is 0. The summed E-state index contributed by atoms with van der Waals surface area (Å²) in [6.45, 7) is 6.98. The van der Waals surface area contributed by atoms with Crippen molar-refractivity contribution in [1.82, 2.24) is 15.1 Å². The molecule has 2 fully saturated rings. The zero-order valence-corrected chi connectivity index (χ0v) is 10.6. The van der Waals surface area contributed by atoms with E-state index in [1.54, 1.807) is 0 Å². The van der Waals surface area contributed by atoms with Crippen LogP contribution in [-0.2, 0) is 9.59 Å².